The van der Waals surface area contributed by atoms with E-state index in [2.05, 4.69) is 4.99 Å². The van der Waals surface area contributed by atoms with Crippen molar-refractivity contribution < 1.29 is 23.7 Å². The summed E-state index contributed by atoms with van der Waals surface area (Å²) in [5, 5.41) is 0. The van der Waals surface area contributed by atoms with E-state index in [-0.39, 0.29) is 12.2 Å². The number of aromatic nitrogens is 1. The van der Waals surface area contributed by atoms with E-state index in [9.17, 15) is 9.59 Å². The summed E-state index contributed by atoms with van der Waals surface area (Å²) in [5.41, 5.74) is 2.05. The number of rotatable bonds is 5. The molecule has 8 nitrogen and oxygen atoms in total. The maximum Gasteiger partial charge on any atom is 0.338 e. The predicted octanol–water partition coefficient (Wildman–Crippen LogP) is 2.58. The molecule has 35 heavy (non-hydrogen) atoms. The van der Waals surface area contributed by atoms with E-state index in [1.807, 2.05) is 36.4 Å². The quantitative estimate of drug-likeness (QED) is 0.509. The number of hydrogen-bond acceptors (Lipinski definition) is 8. The van der Waals surface area contributed by atoms with Crippen LogP contribution in [-0.2, 0) is 9.53 Å². The van der Waals surface area contributed by atoms with Crippen LogP contribution < -0.4 is 29.1 Å². The van der Waals surface area contributed by atoms with Crippen molar-refractivity contribution in [2.75, 3.05) is 26.9 Å². The van der Waals surface area contributed by atoms with Gasteiger partial charge >= 0.3 is 5.97 Å². The van der Waals surface area contributed by atoms with Crippen LogP contribution in [0.4, 0.5) is 0 Å². The summed E-state index contributed by atoms with van der Waals surface area (Å²) in [6, 6.07) is 12.2. The zero-order chi connectivity index (χ0) is 24.5. The number of benzene rings is 2. The molecule has 2 aromatic carbocycles. The molecule has 1 atom stereocenters. The van der Waals surface area contributed by atoms with Crippen molar-refractivity contribution in [2.45, 2.75) is 19.9 Å². The van der Waals surface area contributed by atoms with Crippen LogP contribution in [0.1, 0.15) is 31.0 Å². The van der Waals surface area contributed by atoms with E-state index in [0.717, 1.165) is 5.56 Å². The number of para-hydroxylation sites is 1. The van der Waals surface area contributed by atoms with E-state index in [0.29, 0.717) is 56.6 Å². The number of carbonyl (C=O) groups is 1. The summed E-state index contributed by atoms with van der Waals surface area (Å²) in [6.07, 6.45) is 1.80. The van der Waals surface area contributed by atoms with E-state index < -0.39 is 12.0 Å². The molecule has 3 heterocycles. The lowest BCUT2D eigenvalue weighted by Crippen LogP contribution is -2.40. The number of thiazole rings is 1. The maximum atomic E-state index is 13.7. The van der Waals surface area contributed by atoms with Gasteiger partial charge in [0.1, 0.15) is 25.0 Å². The highest BCUT2D eigenvalue weighted by molar-refractivity contribution is 7.07. The predicted molar refractivity (Wildman–Crippen MR) is 131 cm³/mol. The Bertz CT molecular complexity index is 1520. The second kappa shape index (κ2) is 9.42. The van der Waals surface area contributed by atoms with Gasteiger partial charge in [-0.05, 0) is 43.7 Å². The average Bonchev–Trinajstić information content (AvgIpc) is 3.17. The molecule has 0 spiro atoms. The molecule has 0 fully saturated rings. The van der Waals surface area contributed by atoms with Crippen molar-refractivity contribution in [3.63, 3.8) is 0 Å². The SMILES string of the molecule is CCOC(=O)C1=C(C)N=c2s/c(=C\c3ccc4c(c3)OCCO4)c(=O)n2C1c1ccccc1OC. The maximum absolute atomic E-state index is 13.7. The molecule has 2 aliphatic rings. The Morgan fingerprint density at radius 2 is 1.97 bits per heavy atom. The van der Waals surface area contributed by atoms with Crippen LogP contribution in [0.3, 0.4) is 0 Å². The molecule has 2 aliphatic heterocycles. The Morgan fingerprint density at radius 1 is 1.20 bits per heavy atom. The minimum atomic E-state index is -0.733. The molecule has 0 saturated carbocycles. The van der Waals surface area contributed by atoms with Crippen molar-refractivity contribution >= 4 is 23.4 Å². The average molecular weight is 493 g/mol. The first kappa shape index (κ1) is 22.9. The van der Waals surface area contributed by atoms with E-state index in [4.69, 9.17) is 18.9 Å². The summed E-state index contributed by atoms with van der Waals surface area (Å²) < 4.78 is 24.2. The van der Waals surface area contributed by atoms with E-state index in [1.54, 1.807) is 37.7 Å². The minimum absolute atomic E-state index is 0.211. The lowest BCUT2D eigenvalue weighted by molar-refractivity contribution is -0.139. The molecule has 3 aromatic rings. The standard InChI is InChI=1S/C26H24N2O6S/c1-4-32-25(30)22-15(2)27-26-28(23(22)17-7-5-6-8-18(17)31-3)24(29)21(35-26)14-16-9-10-19-20(13-16)34-12-11-33-19/h5-10,13-14,23H,4,11-12H2,1-3H3/b21-14-. The molecular formula is C26H24N2O6S. The molecular weight excluding hydrogens is 468 g/mol. The summed E-state index contributed by atoms with van der Waals surface area (Å²) >= 11 is 1.27. The zero-order valence-corrected chi connectivity index (χ0v) is 20.4. The molecule has 0 radical (unpaired) electrons. The molecule has 0 bridgehead atoms. The van der Waals surface area contributed by atoms with Crippen LogP contribution in [0.5, 0.6) is 17.2 Å². The fourth-order valence-electron chi connectivity index (χ4n) is 4.28. The van der Waals surface area contributed by atoms with Gasteiger partial charge in [0, 0.05) is 5.56 Å². The van der Waals surface area contributed by atoms with Crippen LogP contribution in [0, 0.1) is 0 Å². The number of nitrogens with zero attached hydrogens (tertiary/aromatic N) is 2. The van der Waals surface area contributed by atoms with Gasteiger partial charge in [0.15, 0.2) is 16.3 Å². The van der Waals surface area contributed by atoms with Crippen LogP contribution in [-0.4, -0.2) is 37.5 Å². The highest BCUT2D eigenvalue weighted by Gasteiger charge is 2.34. The van der Waals surface area contributed by atoms with Crippen molar-refractivity contribution in [1.29, 1.82) is 0 Å². The van der Waals surface area contributed by atoms with Gasteiger partial charge in [-0.3, -0.25) is 9.36 Å². The smallest absolute Gasteiger partial charge is 0.338 e. The first-order valence-corrected chi connectivity index (χ1v) is 12.1. The topological polar surface area (TPSA) is 88.4 Å². The molecule has 180 valence electrons. The van der Waals surface area contributed by atoms with Gasteiger partial charge in [0.2, 0.25) is 0 Å². The molecule has 0 N–H and O–H groups in total. The third kappa shape index (κ3) is 4.12. The van der Waals surface area contributed by atoms with Gasteiger partial charge in [0.05, 0.1) is 29.5 Å². The number of methoxy groups -OCH3 is 1. The number of ether oxygens (including phenoxy) is 4. The fraction of sp³-hybridized carbons (Fsp3) is 0.269. The highest BCUT2D eigenvalue weighted by Crippen LogP contribution is 2.35. The fourth-order valence-corrected chi connectivity index (χ4v) is 5.33. The Balaban J connectivity index is 1.70. The zero-order valence-electron chi connectivity index (χ0n) is 19.6. The molecule has 1 aromatic heterocycles. The molecule has 5 rings (SSSR count). The van der Waals surface area contributed by atoms with Crippen molar-refractivity contribution in [2.24, 2.45) is 4.99 Å². The number of fused-ring (bicyclic) bond motifs is 2. The normalized spacial score (nSPS) is 17.0. The monoisotopic (exact) mass is 492 g/mol. The van der Waals surface area contributed by atoms with Gasteiger partial charge in [-0.25, -0.2) is 9.79 Å². The second-order valence-corrected chi connectivity index (χ2v) is 8.96. The third-order valence-corrected chi connectivity index (χ3v) is 6.80. The highest BCUT2D eigenvalue weighted by atomic mass is 32.1. The van der Waals surface area contributed by atoms with E-state index in [1.165, 1.54) is 11.3 Å². The van der Waals surface area contributed by atoms with Crippen molar-refractivity contribution in [3.05, 3.63) is 84.5 Å². The molecule has 1 unspecified atom stereocenters. The van der Waals surface area contributed by atoms with Crippen LogP contribution >= 0.6 is 11.3 Å². The minimum Gasteiger partial charge on any atom is -0.496 e. The Morgan fingerprint density at radius 3 is 2.74 bits per heavy atom. The van der Waals surface area contributed by atoms with Crippen LogP contribution in [0.25, 0.3) is 6.08 Å². The third-order valence-electron chi connectivity index (χ3n) is 5.81. The van der Waals surface area contributed by atoms with Crippen molar-refractivity contribution in [3.8, 4) is 17.2 Å². The summed E-state index contributed by atoms with van der Waals surface area (Å²) in [4.78, 5) is 31.9. The Kier molecular flexibility index (Phi) is 6.17. The van der Waals surface area contributed by atoms with E-state index >= 15 is 0 Å². The number of esters is 1. The lowest BCUT2D eigenvalue weighted by Gasteiger charge is -2.25. The van der Waals surface area contributed by atoms with Gasteiger partial charge < -0.3 is 18.9 Å². The van der Waals surface area contributed by atoms with Gasteiger partial charge in [-0.1, -0.05) is 35.6 Å². The molecule has 0 aliphatic carbocycles. The number of hydrogen-bond donors (Lipinski definition) is 0. The molecule has 9 heteroatoms. The summed E-state index contributed by atoms with van der Waals surface area (Å²) in [6.45, 7) is 4.70. The molecule has 0 amide bonds. The lowest BCUT2D eigenvalue weighted by atomic mass is 9.95. The summed E-state index contributed by atoms with van der Waals surface area (Å²) in [7, 11) is 1.56. The molecule has 0 saturated heterocycles. The number of allylic oxidation sites excluding steroid dienone is 1. The Hall–Kier alpha value is -3.85. The van der Waals surface area contributed by atoms with Crippen LogP contribution in [0.15, 0.2) is 63.5 Å². The number of carbonyl (C=O) groups excluding carboxylic acids is 1. The second-order valence-electron chi connectivity index (χ2n) is 7.95. The van der Waals surface area contributed by atoms with Crippen molar-refractivity contribution in [1.82, 2.24) is 4.57 Å². The van der Waals surface area contributed by atoms with Gasteiger partial charge in [0.25, 0.3) is 5.56 Å². The van der Waals surface area contributed by atoms with Gasteiger partial charge in [-0.2, -0.15) is 0 Å². The largest absolute Gasteiger partial charge is 0.496 e. The first-order valence-electron chi connectivity index (χ1n) is 11.2. The van der Waals surface area contributed by atoms with Gasteiger partial charge in [-0.15, -0.1) is 0 Å². The Labute approximate surface area is 205 Å². The summed E-state index contributed by atoms with van der Waals surface area (Å²) in [5.74, 6) is 1.38. The van der Waals surface area contributed by atoms with Crippen LogP contribution in [0.2, 0.25) is 0 Å². The first-order chi connectivity index (χ1) is 17.0.